The normalized spacial score (nSPS) is 12.1. The fourth-order valence-electron chi connectivity index (χ4n) is 0.927. The molecule has 0 aromatic heterocycles. The van der Waals surface area contributed by atoms with Crippen LogP contribution in [0.25, 0.3) is 0 Å². The van der Waals surface area contributed by atoms with Gasteiger partial charge in [-0.15, -0.1) is 0 Å². The van der Waals surface area contributed by atoms with Crippen LogP contribution in [-0.4, -0.2) is 42.8 Å². The second-order valence-electron chi connectivity index (χ2n) is 3.32. The standard InChI is InChI=1S/C10H16N2O5/c1-7(5-6-17-2)11-10(16)12-8(13)3-4-9(14)15/h3-4,7H,5-6H2,1-2H3,(H,14,15)(H2,11,12,13,16). The van der Waals surface area contributed by atoms with Crippen molar-refractivity contribution in [3.8, 4) is 0 Å². The summed E-state index contributed by atoms with van der Waals surface area (Å²) in [5.41, 5.74) is 0. The van der Waals surface area contributed by atoms with E-state index < -0.39 is 17.9 Å². The molecule has 96 valence electrons. The number of rotatable bonds is 6. The SMILES string of the molecule is COCCC(C)NC(=O)NC(=O)C=CC(=O)O. The van der Waals surface area contributed by atoms with Gasteiger partial charge in [0, 0.05) is 31.9 Å². The fraction of sp³-hybridized carbons (Fsp3) is 0.500. The molecule has 3 amide bonds. The van der Waals surface area contributed by atoms with Gasteiger partial charge in [-0.3, -0.25) is 10.1 Å². The van der Waals surface area contributed by atoms with Crippen molar-refractivity contribution in [3.05, 3.63) is 12.2 Å². The maximum Gasteiger partial charge on any atom is 0.328 e. The number of methoxy groups -OCH3 is 1. The number of hydrogen-bond acceptors (Lipinski definition) is 4. The van der Waals surface area contributed by atoms with Gasteiger partial charge in [0.15, 0.2) is 0 Å². The molecule has 0 saturated carbocycles. The second kappa shape index (κ2) is 8.28. The van der Waals surface area contributed by atoms with E-state index in [4.69, 9.17) is 9.84 Å². The van der Waals surface area contributed by atoms with Gasteiger partial charge in [0.25, 0.3) is 5.91 Å². The molecule has 1 atom stereocenters. The first kappa shape index (κ1) is 15.1. The molecular weight excluding hydrogens is 228 g/mol. The van der Waals surface area contributed by atoms with E-state index in [0.717, 1.165) is 6.08 Å². The number of carboxylic acids is 1. The molecule has 0 radical (unpaired) electrons. The van der Waals surface area contributed by atoms with Gasteiger partial charge in [0.1, 0.15) is 0 Å². The number of aliphatic carboxylic acids is 1. The number of urea groups is 1. The van der Waals surface area contributed by atoms with Crippen molar-refractivity contribution >= 4 is 17.9 Å². The minimum absolute atomic E-state index is 0.147. The lowest BCUT2D eigenvalue weighted by atomic mass is 10.2. The topological polar surface area (TPSA) is 105 Å². The highest BCUT2D eigenvalue weighted by Gasteiger charge is 2.08. The molecule has 0 rings (SSSR count). The molecule has 3 N–H and O–H groups in total. The van der Waals surface area contributed by atoms with Gasteiger partial charge in [0.05, 0.1) is 0 Å². The van der Waals surface area contributed by atoms with E-state index in [2.05, 4.69) is 5.32 Å². The third-order valence-corrected chi connectivity index (χ3v) is 1.75. The summed E-state index contributed by atoms with van der Waals surface area (Å²) in [7, 11) is 1.55. The van der Waals surface area contributed by atoms with Crippen molar-refractivity contribution in [1.82, 2.24) is 10.6 Å². The quantitative estimate of drug-likeness (QED) is 0.565. The van der Waals surface area contributed by atoms with Crippen LogP contribution in [-0.2, 0) is 14.3 Å². The van der Waals surface area contributed by atoms with E-state index in [1.54, 1.807) is 14.0 Å². The van der Waals surface area contributed by atoms with Crippen molar-refractivity contribution in [2.24, 2.45) is 0 Å². The number of carbonyl (C=O) groups excluding carboxylic acids is 2. The molecule has 1 unspecified atom stereocenters. The zero-order valence-corrected chi connectivity index (χ0v) is 9.73. The van der Waals surface area contributed by atoms with E-state index >= 15 is 0 Å². The first-order valence-corrected chi connectivity index (χ1v) is 4.97. The molecule has 0 aromatic rings. The van der Waals surface area contributed by atoms with Crippen LogP contribution >= 0.6 is 0 Å². The van der Waals surface area contributed by atoms with E-state index in [0.29, 0.717) is 19.1 Å². The molecule has 0 saturated heterocycles. The third kappa shape index (κ3) is 9.06. The highest BCUT2D eigenvalue weighted by molar-refractivity contribution is 6.02. The smallest absolute Gasteiger partial charge is 0.328 e. The summed E-state index contributed by atoms with van der Waals surface area (Å²) in [4.78, 5) is 32.3. The maximum absolute atomic E-state index is 11.2. The highest BCUT2D eigenvalue weighted by Crippen LogP contribution is 1.90. The Hall–Kier alpha value is -1.89. The molecule has 7 nitrogen and oxygen atoms in total. The summed E-state index contributed by atoms with van der Waals surface area (Å²) >= 11 is 0. The molecule has 0 spiro atoms. The highest BCUT2D eigenvalue weighted by atomic mass is 16.5. The van der Waals surface area contributed by atoms with Gasteiger partial charge in [0.2, 0.25) is 0 Å². The average molecular weight is 244 g/mol. The van der Waals surface area contributed by atoms with Crippen molar-refractivity contribution in [1.29, 1.82) is 0 Å². The van der Waals surface area contributed by atoms with Gasteiger partial charge in [-0.2, -0.15) is 0 Å². The van der Waals surface area contributed by atoms with Gasteiger partial charge in [-0.05, 0) is 13.3 Å². The monoisotopic (exact) mass is 244 g/mol. The minimum Gasteiger partial charge on any atom is -0.478 e. The Morgan fingerprint density at radius 1 is 1.35 bits per heavy atom. The third-order valence-electron chi connectivity index (χ3n) is 1.75. The number of ether oxygens (including phenoxy) is 1. The van der Waals surface area contributed by atoms with Crippen LogP contribution in [0.5, 0.6) is 0 Å². The lowest BCUT2D eigenvalue weighted by molar-refractivity contribution is -0.131. The molecule has 0 fully saturated rings. The first-order chi connectivity index (χ1) is 7.95. The Morgan fingerprint density at radius 2 is 2.00 bits per heavy atom. The van der Waals surface area contributed by atoms with Crippen molar-refractivity contribution in [2.75, 3.05) is 13.7 Å². The van der Waals surface area contributed by atoms with Crippen molar-refractivity contribution < 1.29 is 24.2 Å². The number of amides is 3. The van der Waals surface area contributed by atoms with Crippen LogP contribution < -0.4 is 10.6 Å². The summed E-state index contributed by atoms with van der Waals surface area (Å²) in [5, 5.41) is 12.7. The van der Waals surface area contributed by atoms with Crippen LogP contribution in [0.2, 0.25) is 0 Å². The Balaban J connectivity index is 3.93. The molecule has 0 heterocycles. The number of hydrogen-bond donors (Lipinski definition) is 3. The summed E-state index contributed by atoms with van der Waals surface area (Å²) in [6.07, 6.45) is 2.03. The van der Waals surface area contributed by atoms with Crippen LogP contribution in [0, 0.1) is 0 Å². The molecule has 0 bridgehead atoms. The van der Waals surface area contributed by atoms with Gasteiger partial charge in [-0.1, -0.05) is 0 Å². The minimum atomic E-state index is -1.26. The predicted octanol–water partition coefficient (Wildman–Crippen LogP) is -0.122. The van der Waals surface area contributed by atoms with Crippen LogP contribution in [0.3, 0.4) is 0 Å². The summed E-state index contributed by atoms with van der Waals surface area (Å²) in [6, 6.07) is -0.820. The molecule has 0 aliphatic rings. The maximum atomic E-state index is 11.2. The summed E-state index contributed by atoms with van der Waals surface area (Å²) < 4.78 is 4.82. The lowest BCUT2D eigenvalue weighted by Gasteiger charge is -2.12. The molecule has 0 aliphatic heterocycles. The largest absolute Gasteiger partial charge is 0.478 e. The lowest BCUT2D eigenvalue weighted by Crippen LogP contribution is -2.43. The first-order valence-electron chi connectivity index (χ1n) is 4.97. The van der Waals surface area contributed by atoms with Gasteiger partial charge >= 0.3 is 12.0 Å². The zero-order chi connectivity index (χ0) is 13.3. The van der Waals surface area contributed by atoms with E-state index in [1.807, 2.05) is 5.32 Å². The summed E-state index contributed by atoms with van der Waals surface area (Å²) in [5.74, 6) is -2.04. The molecule has 0 aromatic carbocycles. The zero-order valence-electron chi connectivity index (χ0n) is 9.73. The summed E-state index contributed by atoms with van der Waals surface area (Å²) in [6.45, 7) is 2.25. The van der Waals surface area contributed by atoms with E-state index in [1.165, 1.54) is 0 Å². The van der Waals surface area contributed by atoms with Crippen molar-refractivity contribution in [3.63, 3.8) is 0 Å². The van der Waals surface area contributed by atoms with Gasteiger partial charge < -0.3 is 15.2 Å². The Bertz CT molecular complexity index is 314. The number of carboxylic acid groups (broad SMARTS) is 1. The Kier molecular flexibility index (Phi) is 7.36. The fourth-order valence-corrected chi connectivity index (χ4v) is 0.927. The van der Waals surface area contributed by atoms with Crippen LogP contribution in [0.4, 0.5) is 4.79 Å². The van der Waals surface area contributed by atoms with E-state index in [9.17, 15) is 14.4 Å². The van der Waals surface area contributed by atoms with Gasteiger partial charge in [-0.25, -0.2) is 9.59 Å². The number of imide groups is 1. The average Bonchev–Trinajstić information content (AvgIpc) is 2.23. The van der Waals surface area contributed by atoms with Crippen molar-refractivity contribution in [2.45, 2.75) is 19.4 Å². The second-order valence-corrected chi connectivity index (χ2v) is 3.32. The Labute approximate surface area is 98.8 Å². The Morgan fingerprint density at radius 3 is 2.53 bits per heavy atom. The molecular formula is C10H16N2O5. The van der Waals surface area contributed by atoms with Crippen LogP contribution in [0.15, 0.2) is 12.2 Å². The molecule has 0 aliphatic carbocycles. The number of nitrogens with one attached hydrogen (secondary N) is 2. The van der Waals surface area contributed by atoms with E-state index in [-0.39, 0.29) is 6.04 Å². The number of carbonyl (C=O) groups is 3. The predicted molar refractivity (Wildman–Crippen MR) is 59.4 cm³/mol. The van der Waals surface area contributed by atoms with Crippen LogP contribution in [0.1, 0.15) is 13.3 Å². The molecule has 17 heavy (non-hydrogen) atoms. The molecule has 7 heteroatoms.